The number of hydrogen-bond donors (Lipinski definition) is 0. The number of carbonyl (C=O) groups is 2. The molecule has 0 aromatic carbocycles. The molecule has 8 heteroatoms. The average molecular weight is 316 g/mol. The van der Waals surface area contributed by atoms with Gasteiger partial charge < -0.3 is 44.6 Å². The molecule has 0 saturated carbocycles. The number of carbonyl (C=O) groups excluding carboxylic acids is 2. The molecule has 0 bridgehead atoms. The first kappa shape index (κ1) is 39.0. The van der Waals surface area contributed by atoms with Gasteiger partial charge in [0.25, 0.3) is 0 Å². The Balaban J connectivity index is -0.0000000112. The Bertz CT molecular complexity index is 81.1. The van der Waals surface area contributed by atoms with Crippen molar-refractivity contribution in [2.75, 3.05) is 0 Å². The van der Waals surface area contributed by atoms with Gasteiger partial charge in [0, 0.05) is 11.9 Å². The van der Waals surface area contributed by atoms with Crippen molar-refractivity contribution in [1.82, 2.24) is 0 Å². The van der Waals surface area contributed by atoms with Crippen LogP contribution in [0.1, 0.15) is 13.8 Å². The van der Waals surface area contributed by atoms with Crippen molar-refractivity contribution in [2.45, 2.75) is 13.8 Å². The van der Waals surface area contributed by atoms with Gasteiger partial charge in [-0.05, 0) is 13.8 Å². The summed E-state index contributed by atoms with van der Waals surface area (Å²) in [5, 5.41) is 17.8. The summed E-state index contributed by atoms with van der Waals surface area (Å²) < 4.78 is 0. The van der Waals surface area contributed by atoms with Gasteiger partial charge in [-0.2, -0.15) is 0 Å². The van der Waals surface area contributed by atoms with Crippen molar-refractivity contribution in [2.24, 2.45) is 0 Å². The molecule has 0 spiro atoms. The third-order valence-electron chi connectivity index (χ3n) is 0. The fourth-order valence-corrected chi connectivity index (χ4v) is 0. The van der Waals surface area contributed by atoms with Gasteiger partial charge in [-0.15, -0.1) is 0 Å². The van der Waals surface area contributed by atoms with E-state index < -0.39 is 11.9 Å². The summed E-state index contributed by atoms with van der Waals surface area (Å²) in [5.41, 5.74) is 0. The van der Waals surface area contributed by atoms with Crippen LogP contribution in [-0.2, 0) is 43.7 Å². The van der Waals surface area contributed by atoms with Crippen molar-refractivity contribution in [3.05, 3.63) is 0 Å². The van der Waals surface area contributed by atoms with Crippen LogP contribution in [0.3, 0.4) is 0 Å². The predicted molar refractivity (Wildman–Crippen MR) is 21.4 cm³/mol. The van der Waals surface area contributed by atoms with E-state index in [1.807, 2.05) is 0 Å². The topological polar surface area (TPSA) is 80.3 Å². The number of hydrogen-bond acceptors (Lipinski definition) is 4. The molecule has 82 valence electrons. The minimum atomic E-state index is -1.08. The fourth-order valence-electron chi connectivity index (χ4n) is 0. The van der Waals surface area contributed by atoms with Crippen molar-refractivity contribution in [1.29, 1.82) is 0 Å². The van der Waals surface area contributed by atoms with Gasteiger partial charge >= 0.3 is 34.1 Å². The molecule has 0 aliphatic heterocycles. The molecule has 0 heterocycles. The Kier molecular flexibility index (Phi) is 97.4. The monoisotopic (exact) mass is 314 g/mol. The largest absolute Gasteiger partial charge is 2.00 e. The number of halogens is 2. The van der Waals surface area contributed by atoms with E-state index in [2.05, 4.69) is 0 Å². The minimum Gasteiger partial charge on any atom is -1.00 e. The van der Waals surface area contributed by atoms with Gasteiger partial charge in [0.15, 0.2) is 0 Å². The Morgan fingerprint density at radius 1 is 0.833 bits per heavy atom. The standard InChI is InChI=1S/2C2H4O2.2ClH.2Cu/c2*1-2(3)4;;;;/h2*1H3,(H,3,4);2*1H;;/q;;;;2*+2/p-4. The molecule has 0 unspecified atom stereocenters. The van der Waals surface area contributed by atoms with Crippen molar-refractivity contribution < 1.29 is 78.8 Å². The molecular formula is C4H6Cl2Cu2O4. The Morgan fingerprint density at radius 3 is 0.833 bits per heavy atom. The van der Waals surface area contributed by atoms with E-state index in [-0.39, 0.29) is 59.0 Å². The van der Waals surface area contributed by atoms with Crippen LogP contribution < -0.4 is 35.0 Å². The second-order valence-corrected chi connectivity index (χ2v) is 0.983. The van der Waals surface area contributed by atoms with E-state index in [0.29, 0.717) is 0 Å². The first-order chi connectivity index (χ1) is 3.46. The summed E-state index contributed by atoms with van der Waals surface area (Å²) in [4.78, 5) is 17.8. The molecule has 0 aliphatic carbocycles. The van der Waals surface area contributed by atoms with Crippen molar-refractivity contribution in [3.63, 3.8) is 0 Å². The minimum absolute atomic E-state index is 0. The summed E-state index contributed by atoms with van der Waals surface area (Å²) in [6, 6.07) is 0. The Morgan fingerprint density at radius 2 is 0.833 bits per heavy atom. The molecule has 12 heavy (non-hydrogen) atoms. The van der Waals surface area contributed by atoms with Gasteiger partial charge in [0.05, 0.1) is 0 Å². The average Bonchev–Trinajstić information content (AvgIpc) is 1.25. The zero-order valence-electron chi connectivity index (χ0n) is 5.99. The zero-order chi connectivity index (χ0) is 7.15. The Labute approximate surface area is 104 Å². The molecule has 0 amide bonds. The number of carboxylic acid groups (broad SMARTS) is 2. The van der Waals surface area contributed by atoms with E-state index in [9.17, 15) is 0 Å². The third-order valence-corrected chi connectivity index (χ3v) is 0. The summed E-state index contributed by atoms with van der Waals surface area (Å²) in [5.74, 6) is -2.17. The van der Waals surface area contributed by atoms with E-state index in [1.165, 1.54) is 0 Å². The van der Waals surface area contributed by atoms with Crippen LogP contribution in [0.5, 0.6) is 0 Å². The second-order valence-electron chi connectivity index (χ2n) is 0.983. The molecule has 0 N–H and O–H groups in total. The fraction of sp³-hybridized carbons (Fsp3) is 0.500. The van der Waals surface area contributed by atoms with E-state index in [1.54, 1.807) is 0 Å². The molecular weight excluding hydrogens is 310 g/mol. The van der Waals surface area contributed by atoms with Gasteiger partial charge in [0.2, 0.25) is 0 Å². The molecule has 0 aromatic heterocycles. The van der Waals surface area contributed by atoms with Crippen LogP contribution in [-0.4, -0.2) is 11.9 Å². The van der Waals surface area contributed by atoms with Gasteiger partial charge in [-0.25, -0.2) is 0 Å². The summed E-state index contributed by atoms with van der Waals surface area (Å²) >= 11 is 0. The maximum atomic E-state index is 8.89. The molecule has 0 saturated heterocycles. The summed E-state index contributed by atoms with van der Waals surface area (Å²) in [6.07, 6.45) is 0. The van der Waals surface area contributed by atoms with Gasteiger partial charge in [-0.1, -0.05) is 0 Å². The first-order valence-electron chi connectivity index (χ1n) is 1.82. The normalized spacial score (nSPS) is 4.17. The van der Waals surface area contributed by atoms with Crippen LogP contribution in [0, 0.1) is 0 Å². The maximum Gasteiger partial charge on any atom is 2.00 e. The second kappa shape index (κ2) is 30.0. The SMILES string of the molecule is CC(=O)[O-].CC(=O)[O-].[Cl-].[Cl-].[Cu+2].[Cu+2]. The van der Waals surface area contributed by atoms with Crippen LogP contribution in [0.2, 0.25) is 0 Å². The zero-order valence-corrected chi connectivity index (χ0v) is 9.39. The van der Waals surface area contributed by atoms with E-state index >= 15 is 0 Å². The molecule has 0 rings (SSSR count). The molecule has 0 atom stereocenters. The molecule has 4 nitrogen and oxygen atoms in total. The smallest absolute Gasteiger partial charge is 1.00 e. The third kappa shape index (κ3) is 3090. The number of aliphatic carboxylic acids is 2. The number of carboxylic acids is 2. The first-order valence-corrected chi connectivity index (χ1v) is 1.82. The van der Waals surface area contributed by atoms with Crippen LogP contribution in [0.4, 0.5) is 0 Å². The molecule has 0 aromatic rings. The maximum absolute atomic E-state index is 8.89. The summed E-state index contributed by atoms with van der Waals surface area (Å²) in [7, 11) is 0. The predicted octanol–water partition coefficient (Wildman–Crippen LogP) is -8.48. The molecule has 2 radical (unpaired) electrons. The van der Waals surface area contributed by atoms with Crippen LogP contribution in [0.25, 0.3) is 0 Å². The molecule has 0 aliphatic rings. The quantitative estimate of drug-likeness (QED) is 0.416. The number of rotatable bonds is 0. The van der Waals surface area contributed by atoms with Crippen LogP contribution in [0.15, 0.2) is 0 Å². The Hall–Kier alpha value is 0.559. The van der Waals surface area contributed by atoms with Crippen molar-refractivity contribution in [3.8, 4) is 0 Å². The van der Waals surface area contributed by atoms with Gasteiger partial charge in [-0.3, -0.25) is 0 Å². The van der Waals surface area contributed by atoms with E-state index in [0.717, 1.165) is 13.8 Å². The van der Waals surface area contributed by atoms with Gasteiger partial charge in [0.1, 0.15) is 0 Å². The van der Waals surface area contributed by atoms with Crippen molar-refractivity contribution >= 4 is 11.9 Å². The summed E-state index contributed by atoms with van der Waals surface area (Å²) in [6.45, 7) is 1.94. The molecule has 0 fully saturated rings. The van der Waals surface area contributed by atoms with Crippen LogP contribution >= 0.6 is 0 Å². The van der Waals surface area contributed by atoms with E-state index in [4.69, 9.17) is 19.8 Å².